The molecule has 0 aromatic heterocycles. The fraction of sp³-hybridized carbons (Fsp3) is 0.273. The fourth-order valence-corrected chi connectivity index (χ4v) is 1.61. The molecule has 80 valence electrons. The summed E-state index contributed by atoms with van der Waals surface area (Å²) < 4.78 is 0. The molecule has 0 aliphatic heterocycles. The summed E-state index contributed by atoms with van der Waals surface area (Å²) in [4.78, 5) is 0. The summed E-state index contributed by atoms with van der Waals surface area (Å²) in [5, 5.41) is 4.13. The van der Waals surface area contributed by atoms with Crippen molar-refractivity contribution >= 4 is 23.5 Å². The quantitative estimate of drug-likeness (QED) is 0.455. The van der Waals surface area contributed by atoms with Crippen molar-refractivity contribution in [2.75, 3.05) is 0 Å². The van der Waals surface area contributed by atoms with Gasteiger partial charge in [-0.05, 0) is 44.1 Å². The molecule has 0 atom stereocenters. The number of rotatable bonds is 2. The van der Waals surface area contributed by atoms with E-state index in [0.29, 0.717) is 0 Å². The van der Waals surface area contributed by atoms with E-state index in [2.05, 4.69) is 55.6 Å². The van der Waals surface area contributed by atoms with Crippen molar-refractivity contribution in [3.05, 3.63) is 34.4 Å². The topological polar surface area (TPSA) is 50.4 Å². The first-order valence-electron chi connectivity index (χ1n) is 4.67. The third-order valence-electron chi connectivity index (χ3n) is 2.11. The van der Waals surface area contributed by atoms with E-state index in [9.17, 15) is 0 Å². The predicted molar refractivity (Wildman–Crippen MR) is 68.2 cm³/mol. The highest BCUT2D eigenvalue weighted by Crippen LogP contribution is 2.13. The van der Waals surface area contributed by atoms with Crippen LogP contribution in [0.1, 0.15) is 22.3 Å². The van der Waals surface area contributed by atoms with Crippen LogP contribution in [0.3, 0.4) is 0 Å². The zero-order valence-electron chi connectivity index (χ0n) is 9.16. The number of hydrazone groups is 1. The van der Waals surface area contributed by atoms with Crippen LogP contribution in [0.4, 0.5) is 0 Å². The van der Waals surface area contributed by atoms with E-state index < -0.39 is 0 Å². The summed E-state index contributed by atoms with van der Waals surface area (Å²) in [5.74, 6) is 0. The normalized spacial score (nSPS) is 10.6. The second-order valence-electron chi connectivity index (χ2n) is 3.55. The first-order valence-corrected chi connectivity index (χ1v) is 5.08. The van der Waals surface area contributed by atoms with Crippen molar-refractivity contribution in [2.24, 2.45) is 10.8 Å². The average molecular weight is 221 g/mol. The molecule has 1 aromatic carbocycles. The lowest BCUT2D eigenvalue weighted by Crippen LogP contribution is -2.24. The van der Waals surface area contributed by atoms with Crippen molar-refractivity contribution in [1.82, 2.24) is 5.43 Å². The van der Waals surface area contributed by atoms with Gasteiger partial charge in [0, 0.05) is 5.56 Å². The largest absolute Gasteiger partial charge is 0.375 e. The molecule has 15 heavy (non-hydrogen) atoms. The van der Waals surface area contributed by atoms with E-state index in [1.54, 1.807) is 6.21 Å². The Kier molecular flexibility index (Phi) is 3.80. The zero-order chi connectivity index (χ0) is 11.4. The van der Waals surface area contributed by atoms with Crippen LogP contribution in [-0.2, 0) is 0 Å². The number of nitrogens with one attached hydrogen (secondary N) is 1. The molecule has 0 saturated heterocycles. The second-order valence-corrected chi connectivity index (χ2v) is 3.99. The van der Waals surface area contributed by atoms with Crippen molar-refractivity contribution in [3.8, 4) is 0 Å². The molecule has 0 amide bonds. The van der Waals surface area contributed by atoms with Crippen molar-refractivity contribution in [2.45, 2.75) is 20.8 Å². The minimum atomic E-state index is 0.175. The van der Waals surface area contributed by atoms with Crippen molar-refractivity contribution < 1.29 is 0 Å². The highest BCUT2D eigenvalue weighted by Gasteiger charge is 2.00. The van der Waals surface area contributed by atoms with Gasteiger partial charge in [-0.3, -0.25) is 5.43 Å². The van der Waals surface area contributed by atoms with Gasteiger partial charge in [-0.15, -0.1) is 0 Å². The molecule has 0 unspecified atom stereocenters. The lowest BCUT2D eigenvalue weighted by Gasteiger charge is -2.06. The Morgan fingerprint density at radius 1 is 1.33 bits per heavy atom. The summed E-state index contributed by atoms with van der Waals surface area (Å²) >= 11 is 4.65. The van der Waals surface area contributed by atoms with Gasteiger partial charge in [-0.2, -0.15) is 5.10 Å². The van der Waals surface area contributed by atoms with Crippen LogP contribution >= 0.6 is 12.2 Å². The highest BCUT2D eigenvalue weighted by molar-refractivity contribution is 7.80. The Morgan fingerprint density at radius 3 is 2.33 bits per heavy atom. The van der Waals surface area contributed by atoms with Gasteiger partial charge in [0.05, 0.1) is 6.21 Å². The number of aryl methyl sites for hydroxylation is 3. The summed E-state index contributed by atoms with van der Waals surface area (Å²) in [6.07, 6.45) is 1.74. The fourth-order valence-electron chi connectivity index (χ4n) is 1.56. The Hall–Kier alpha value is -1.42. The van der Waals surface area contributed by atoms with Crippen LogP contribution in [0.25, 0.3) is 0 Å². The maximum atomic E-state index is 5.26. The van der Waals surface area contributed by atoms with E-state index >= 15 is 0 Å². The second kappa shape index (κ2) is 4.89. The summed E-state index contributed by atoms with van der Waals surface area (Å²) in [6, 6.07) is 4.24. The number of benzene rings is 1. The van der Waals surface area contributed by atoms with Gasteiger partial charge < -0.3 is 5.73 Å². The lowest BCUT2D eigenvalue weighted by atomic mass is 10.0. The molecule has 0 spiro atoms. The van der Waals surface area contributed by atoms with Crippen LogP contribution in [0.5, 0.6) is 0 Å². The van der Waals surface area contributed by atoms with Crippen LogP contribution in [0.2, 0.25) is 0 Å². The molecular weight excluding hydrogens is 206 g/mol. The third-order valence-corrected chi connectivity index (χ3v) is 2.20. The standard InChI is InChI=1S/C11H15N3S/c1-7-4-8(2)10(9(3)5-7)6-13-14-11(12)15/h4-6H,1-3H3,(H3,12,14,15). The van der Waals surface area contributed by atoms with Crippen LogP contribution < -0.4 is 11.2 Å². The molecule has 0 radical (unpaired) electrons. The van der Waals surface area contributed by atoms with Gasteiger partial charge in [0.1, 0.15) is 0 Å². The molecule has 4 heteroatoms. The van der Waals surface area contributed by atoms with E-state index in [0.717, 1.165) is 5.56 Å². The SMILES string of the molecule is Cc1cc(C)c(C=NNC(N)=S)c(C)c1. The first kappa shape index (κ1) is 11.7. The average Bonchev–Trinajstić information content (AvgIpc) is 2.08. The molecular formula is C11H15N3S. The molecule has 1 rings (SSSR count). The van der Waals surface area contributed by atoms with E-state index in [1.807, 2.05) is 0 Å². The molecule has 0 heterocycles. The molecule has 0 fully saturated rings. The Morgan fingerprint density at radius 2 is 1.87 bits per heavy atom. The minimum absolute atomic E-state index is 0.175. The predicted octanol–water partition coefficient (Wildman–Crippen LogP) is 1.78. The summed E-state index contributed by atoms with van der Waals surface area (Å²) in [7, 11) is 0. The van der Waals surface area contributed by atoms with Gasteiger partial charge >= 0.3 is 0 Å². The molecule has 0 aliphatic carbocycles. The highest BCUT2D eigenvalue weighted by atomic mass is 32.1. The van der Waals surface area contributed by atoms with Gasteiger partial charge in [-0.1, -0.05) is 17.7 Å². The molecule has 0 aliphatic rings. The van der Waals surface area contributed by atoms with Crippen LogP contribution in [-0.4, -0.2) is 11.3 Å². The number of thiocarbonyl (C=S) groups is 1. The number of hydrogen-bond acceptors (Lipinski definition) is 2. The number of nitrogens with two attached hydrogens (primary N) is 1. The van der Waals surface area contributed by atoms with Crippen molar-refractivity contribution in [1.29, 1.82) is 0 Å². The Bertz CT molecular complexity index is 387. The monoisotopic (exact) mass is 221 g/mol. The molecule has 3 N–H and O–H groups in total. The van der Waals surface area contributed by atoms with Gasteiger partial charge in [0.25, 0.3) is 0 Å². The molecule has 0 bridgehead atoms. The zero-order valence-corrected chi connectivity index (χ0v) is 9.98. The van der Waals surface area contributed by atoms with Crippen molar-refractivity contribution in [3.63, 3.8) is 0 Å². The van der Waals surface area contributed by atoms with Gasteiger partial charge in [0.2, 0.25) is 0 Å². The van der Waals surface area contributed by atoms with Crippen LogP contribution in [0, 0.1) is 20.8 Å². The van der Waals surface area contributed by atoms with Gasteiger partial charge in [-0.25, -0.2) is 0 Å². The Labute approximate surface area is 95.4 Å². The minimum Gasteiger partial charge on any atom is -0.375 e. The van der Waals surface area contributed by atoms with E-state index in [-0.39, 0.29) is 5.11 Å². The smallest absolute Gasteiger partial charge is 0.184 e. The summed E-state index contributed by atoms with van der Waals surface area (Å²) in [6.45, 7) is 6.19. The maximum Gasteiger partial charge on any atom is 0.184 e. The van der Waals surface area contributed by atoms with E-state index in [4.69, 9.17) is 5.73 Å². The molecule has 0 saturated carbocycles. The third kappa shape index (κ3) is 3.32. The molecule has 1 aromatic rings. The van der Waals surface area contributed by atoms with E-state index in [1.165, 1.54) is 16.7 Å². The molecule has 3 nitrogen and oxygen atoms in total. The number of nitrogens with zero attached hydrogens (tertiary/aromatic N) is 1. The number of hydrogen-bond donors (Lipinski definition) is 2. The van der Waals surface area contributed by atoms with Gasteiger partial charge in [0.15, 0.2) is 5.11 Å². The lowest BCUT2D eigenvalue weighted by molar-refractivity contribution is 1.04. The van der Waals surface area contributed by atoms with Crippen LogP contribution in [0.15, 0.2) is 17.2 Å². The summed E-state index contributed by atoms with van der Waals surface area (Å²) in [5.41, 5.74) is 12.6. The maximum absolute atomic E-state index is 5.26. The Balaban J connectivity index is 2.94. The first-order chi connectivity index (χ1) is 7.00.